The fourth-order valence-electron chi connectivity index (χ4n) is 2.21. The quantitative estimate of drug-likeness (QED) is 0.566. The van der Waals surface area contributed by atoms with Crippen molar-refractivity contribution in [2.24, 2.45) is 0 Å². The average Bonchev–Trinajstić information content (AvgIpc) is 2.22. The lowest BCUT2D eigenvalue weighted by Gasteiger charge is -2.31. The number of hydrogen-bond donors (Lipinski definition) is 0. The molecule has 21 heavy (non-hydrogen) atoms. The lowest BCUT2D eigenvalue weighted by molar-refractivity contribution is -0.348. The summed E-state index contributed by atoms with van der Waals surface area (Å²) < 4.78 is 89.8. The van der Waals surface area contributed by atoms with Gasteiger partial charge in [0.25, 0.3) is 0 Å². The minimum absolute atomic E-state index is 0.0227. The van der Waals surface area contributed by atoms with Gasteiger partial charge in [-0.1, -0.05) is 12.1 Å². The van der Waals surface area contributed by atoms with Crippen molar-refractivity contribution in [3.05, 3.63) is 34.4 Å². The zero-order valence-electron chi connectivity index (χ0n) is 11.2. The highest BCUT2D eigenvalue weighted by Crippen LogP contribution is 2.53. The maximum atomic E-state index is 13.9. The fraction of sp³-hybridized carbons (Fsp3) is 0.462. The van der Waals surface area contributed by atoms with Crippen molar-refractivity contribution in [1.82, 2.24) is 0 Å². The van der Waals surface area contributed by atoms with Crippen LogP contribution in [0, 0.1) is 13.8 Å². The van der Waals surface area contributed by atoms with Crippen LogP contribution < -0.4 is 0 Å². The molecule has 1 nitrogen and oxygen atoms in total. The minimum atomic E-state index is -6.16. The Labute approximate surface area is 115 Å². The highest BCUT2D eigenvalue weighted by molar-refractivity contribution is 5.97. The Kier molecular flexibility index (Phi) is 4.15. The third-order valence-corrected chi connectivity index (χ3v) is 3.06. The van der Waals surface area contributed by atoms with E-state index < -0.39 is 29.4 Å². The fourth-order valence-corrected chi connectivity index (χ4v) is 2.21. The summed E-state index contributed by atoms with van der Waals surface area (Å²) in [6, 6.07) is 0.815. The molecule has 0 aliphatic heterocycles. The van der Waals surface area contributed by atoms with E-state index in [4.69, 9.17) is 0 Å². The van der Waals surface area contributed by atoms with E-state index in [1.54, 1.807) is 0 Å². The van der Waals surface area contributed by atoms with Crippen molar-refractivity contribution in [2.75, 3.05) is 0 Å². The lowest BCUT2D eigenvalue weighted by atomic mass is 9.88. The largest absolute Gasteiger partial charge is 0.435 e. The van der Waals surface area contributed by atoms with Crippen LogP contribution in [0.5, 0.6) is 0 Å². The Morgan fingerprint density at radius 3 is 1.43 bits per heavy atom. The standard InChI is InChI=1S/C13H11F7O/c1-6-4-9(5-7(2)10(6)8(3)21)11(14,12(15,16)17)13(18,19)20/h4-5H,1-3H3. The zero-order chi connectivity index (χ0) is 16.8. The van der Waals surface area contributed by atoms with Gasteiger partial charge in [0.1, 0.15) is 0 Å². The number of carbonyl (C=O) groups is 1. The molecule has 0 saturated heterocycles. The number of aryl methyl sites for hydroxylation is 2. The normalized spacial score (nSPS) is 13.4. The van der Waals surface area contributed by atoms with Crippen LogP contribution in [0.1, 0.15) is 34.0 Å². The second-order valence-electron chi connectivity index (χ2n) is 4.70. The summed E-state index contributed by atoms with van der Waals surface area (Å²) in [6.07, 6.45) is -12.3. The zero-order valence-corrected chi connectivity index (χ0v) is 11.2. The number of Topliss-reactive ketones (excluding diaryl/α,β-unsaturated/α-hetero) is 1. The van der Waals surface area contributed by atoms with Crippen LogP contribution in [-0.2, 0) is 5.67 Å². The van der Waals surface area contributed by atoms with Crippen LogP contribution in [0.2, 0.25) is 0 Å². The van der Waals surface area contributed by atoms with Gasteiger partial charge in [0.2, 0.25) is 0 Å². The molecule has 0 amide bonds. The molecule has 0 unspecified atom stereocenters. The summed E-state index contributed by atoms with van der Waals surface area (Å²) in [5, 5.41) is 0. The smallest absolute Gasteiger partial charge is 0.294 e. The summed E-state index contributed by atoms with van der Waals surface area (Å²) in [6.45, 7) is 3.42. The van der Waals surface area contributed by atoms with Crippen LogP contribution in [0.3, 0.4) is 0 Å². The molecular formula is C13H11F7O. The first kappa shape index (κ1) is 17.5. The molecule has 118 valence electrons. The summed E-state index contributed by atoms with van der Waals surface area (Å²) in [5.74, 6) is -0.528. The van der Waals surface area contributed by atoms with Gasteiger partial charge in [-0.15, -0.1) is 0 Å². The maximum absolute atomic E-state index is 13.9. The number of rotatable bonds is 2. The molecule has 0 spiro atoms. The minimum Gasteiger partial charge on any atom is -0.294 e. The van der Waals surface area contributed by atoms with Crippen LogP contribution in [0.25, 0.3) is 0 Å². The van der Waals surface area contributed by atoms with Crippen molar-refractivity contribution < 1.29 is 35.5 Å². The van der Waals surface area contributed by atoms with Crippen LogP contribution in [-0.4, -0.2) is 18.1 Å². The van der Waals surface area contributed by atoms with Crippen molar-refractivity contribution >= 4 is 5.78 Å². The summed E-state index contributed by atoms with van der Waals surface area (Å²) >= 11 is 0. The number of halogens is 7. The third-order valence-electron chi connectivity index (χ3n) is 3.06. The summed E-state index contributed by atoms with van der Waals surface area (Å²) in [5.41, 5.74) is -7.38. The van der Waals surface area contributed by atoms with Crippen molar-refractivity contribution in [3.63, 3.8) is 0 Å². The van der Waals surface area contributed by atoms with Gasteiger partial charge in [-0.05, 0) is 31.9 Å². The van der Waals surface area contributed by atoms with Gasteiger partial charge in [-0.25, -0.2) is 4.39 Å². The molecule has 0 bridgehead atoms. The number of carbonyl (C=O) groups excluding carboxylic acids is 1. The van der Waals surface area contributed by atoms with Gasteiger partial charge in [0, 0.05) is 11.1 Å². The van der Waals surface area contributed by atoms with E-state index in [1.165, 1.54) is 0 Å². The molecule has 0 fully saturated rings. The lowest BCUT2D eigenvalue weighted by Crippen LogP contribution is -2.50. The number of alkyl halides is 7. The van der Waals surface area contributed by atoms with Crippen LogP contribution in [0.4, 0.5) is 30.7 Å². The Morgan fingerprint density at radius 2 is 1.19 bits per heavy atom. The van der Waals surface area contributed by atoms with Crippen molar-refractivity contribution in [3.8, 4) is 0 Å². The van der Waals surface area contributed by atoms with E-state index in [0.29, 0.717) is 12.1 Å². The molecule has 0 heterocycles. The number of ketones is 1. The van der Waals surface area contributed by atoms with Crippen molar-refractivity contribution in [2.45, 2.75) is 38.8 Å². The number of benzene rings is 1. The predicted octanol–water partition coefficient (Wildman–Crippen LogP) is 4.80. The Balaban J connectivity index is 3.68. The molecule has 0 aromatic heterocycles. The molecule has 8 heteroatoms. The molecule has 0 atom stereocenters. The Hall–Kier alpha value is -1.60. The average molecular weight is 316 g/mol. The van der Waals surface area contributed by atoms with E-state index in [1.807, 2.05) is 0 Å². The first-order chi connectivity index (χ1) is 9.23. The SMILES string of the molecule is CC(=O)c1c(C)cc(C(F)(C(F)(F)F)C(F)(F)F)cc1C. The first-order valence-electron chi connectivity index (χ1n) is 5.68. The van der Waals surface area contributed by atoms with Gasteiger partial charge in [0.15, 0.2) is 5.78 Å². The summed E-state index contributed by atoms with van der Waals surface area (Å²) in [7, 11) is 0. The molecule has 1 aromatic carbocycles. The van der Waals surface area contributed by atoms with Gasteiger partial charge in [-0.2, -0.15) is 26.3 Å². The summed E-state index contributed by atoms with van der Waals surface area (Å²) in [4.78, 5) is 11.3. The van der Waals surface area contributed by atoms with Gasteiger partial charge in [0.05, 0.1) is 0 Å². The topological polar surface area (TPSA) is 17.1 Å². The third kappa shape index (κ3) is 2.75. The molecule has 0 radical (unpaired) electrons. The Bertz CT molecular complexity index is 532. The number of hydrogen-bond acceptors (Lipinski definition) is 1. The first-order valence-corrected chi connectivity index (χ1v) is 5.68. The molecule has 0 saturated carbocycles. The maximum Gasteiger partial charge on any atom is 0.435 e. The second-order valence-corrected chi connectivity index (χ2v) is 4.70. The van der Waals surface area contributed by atoms with E-state index in [-0.39, 0.29) is 16.7 Å². The van der Waals surface area contributed by atoms with Gasteiger partial charge < -0.3 is 0 Å². The monoisotopic (exact) mass is 316 g/mol. The van der Waals surface area contributed by atoms with E-state index in [2.05, 4.69) is 0 Å². The highest BCUT2D eigenvalue weighted by Gasteiger charge is 2.73. The van der Waals surface area contributed by atoms with Gasteiger partial charge >= 0.3 is 18.0 Å². The molecule has 0 aliphatic rings. The van der Waals surface area contributed by atoms with Crippen LogP contribution in [0.15, 0.2) is 12.1 Å². The van der Waals surface area contributed by atoms with E-state index in [0.717, 1.165) is 20.8 Å². The molecule has 0 aliphatic carbocycles. The van der Waals surface area contributed by atoms with Crippen molar-refractivity contribution in [1.29, 1.82) is 0 Å². The highest BCUT2D eigenvalue weighted by atomic mass is 19.4. The predicted molar refractivity (Wildman–Crippen MR) is 60.8 cm³/mol. The van der Waals surface area contributed by atoms with Gasteiger partial charge in [-0.3, -0.25) is 4.79 Å². The molecule has 1 aromatic rings. The molecule has 0 N–H and O–H groups in total. The van der Waals surface area contributed by atoms with E-state index >= 15 is 0 Å². The second kappa shape index (κ2) is 4.99. The van der Waals surface area contributed by atoms with Crippen LogP contribution >= 0.6 is 0 Å². The van der Waals surface area contributed by atoms with E-state index in [9.17, 15) is 35.5 Å². The molecular weight excluding hydrogens is 305 g/mol. The molecule has 1 rings (SSSR count). The Morgan fingerprint density at radius 1 is 0.857 bits per heavy atom.